The van der Waals surface area contributed by atoms with Crippen molar-refractivity contribution in [3.63, 3.8) is 0 Å². The summed E-state index contributed by atoms with van der Waals surface area (Å²) in [5, 5.41) is 4.11. The van der Waals surface area contributed by atoms with E-state index in [0.717, 1.165) is 0 Å². The van der Waals surface area contributed by atoms with Crippen molar-refractivity contribution in [1.29, 1.82) is 0 Å². The van der Waals surface area contributed by atoms with Crippen LogP contribution in [0.2, 0.25) is 10.0 Å². The van der Waals surface area contributed by atoms with Crippen molar-refractivity contribution in [2.45, 2.75) is 16.3 Å². The van der Waals surface area contributed by atoms with Gasteiger partial charge in [0.2, 0.25) is 15.9 Å². The first-order chi connectivity index (χ1) is 14.3. The van der Waals surface area contributed by atoms with Crippen LogP contribution >= 0.6 is 35.0 Å². The third kappa shape index (κ3) is 5.87. The quantitative estimate of drug-likeness (QED) is 0.600. The maximum absolute atomic E-state index is 12.7. The molecule has 1 aliphatic heterocycles. The van der Waals surface area contributed by atoms with Crippen LogP contribution in [0.1, 0.15) is 6.42 Å². The standard InChI is InChI=1S/C19H22Cl2N4O3S2/c1-24-8-10-25(11-9-24)30(27,28)14-5-6-18(22-13-14)29-12-7-17(26)23-19-15(20)3-2-4-16(19)21/h2-6,13H,7-12H2,1H3,(H,23,26). The first kappa shape index (κ1) is 23.3. The zero-order chi connectivity index (χ0) is 21.7. The van der Waals surface area contributed by atoms with Gasteiger partial charge in [-0.1, -0.05) is 29.3 Å². The number of likely N-dealkylation sites (N-methyl/N-ethyl adjacent to an activating group) is 1. The van der Waals surface area contributed by atoms with E-state index in [9.17, 15) is 13.2 Å². The highest BCUT2D eigenvalue weighted by Crippen LogP contribution is 2.30. The van der Waals surface area contributed by atoms with Gasteiger partial charge in [0.25, 0.3) is 0 Å². The Balaban J connectivity index is 1.52. The van der Waals surface area contributed by atoms with Gasteiger partial charge in [-0.15, -0.1) is 11.8 Å². The molecule has 0 aliphatic carbocycles. The summed E-state index contributed by atoms with van der Waals surface area (Å²) >= 11 is 13.5. The molecule has 1 aromatic carbocycles. The average Bonchev–Trinajstić information content (AvgIpc) is 2.72. The van der Waals surface area contributed by atoms with E-state index < -0.39 is 10.0 Å². The average molecular weight is 489 g/mol. The van der Waals surface area contributed by atoms with E-state index in [1.54, 1.807) is 30.3 Å². The molecular weight excluding hydrogens is 467 g/mol. The van der Waals surface area contributed by atoms with Crippen LogP contribution in [-0.4, -0.2) is 67.5 Å². The number of thioether (sulfide) groups is 1. The van der Waals surface area contributed by atoms with E-state index in [0.29, 0.717) is 52.7 Å². The zero-order valence-electron chi connectivity index (χ0n) is 16.3. The van der Waals surface area contributed by atoms with E-state index in [-0.39, 0.29) is 17.2 Å². The molecule has 0 saturated carbocycles. The van der Waals surface area contributed by atoms with Gasteiger partial charge in [-0.05, 0) is 31.3 Å². The highest BCUT2D eigenvalue weighted by atomic mass is 35.5. The fraction of sp³-hybridized carbons (Fsp3) is 0.368. The van der Waals surface area contributed by atoms with Crippen LogP contribution < -0.4 is 5.32 Å². The molecule has 2 heterocycles. The smallest absolute Gasteiger partial charge is 0.244 e. The molecule has 1 saturated heterocycles. The second kappa shape index (κ2) is 10.3. The summed E-state index contributed by atoms with van der Waals surface area (Å²) in [5.74, 6) is 0.262. The highest BCUT2D eigenvalue weighted by molar-refractivity contribution is 7.99. The number of carbonyl (C=O) groups is 1. The summed E-state index contributed by atoms with van der Waals surface area (Å²) in [4.78, 5) is 18.7. The van der Waals surface area contributed by atoms with E-state index in [2.05, 4.69) is 15.2 Å². The zero-order valence-corrected chi connectivity index (χ0v) is 19.5. The lowest BCUT2D eigenvalue weighted by Gasteiger charge is -2.31. The molecule has 1 fully saturated rings. The molecule has 7 nitrogen and oxygen atoms in total. The van der Waals surface area contributed by atoms with Crippen LogP contribution in [0, 0.1) is 0 Å². The molecule has 0 bridgehead atoms. The summed E-state index contributed by atoms with van der Waals surface area (Å²) in [6.07, 6.45) is 1.61. The molecule has 1 aliphatic rings. The van der Waals surface area contributed by atoms with Crippen molar-refractivity contribution in [2.24, 2.45) is 0 Å². The van der Waals surface area contributed by atoms with Crippen molar-refractivity contribution < 1.29 is 13.2 Å². The van der Waals surface area contributed by atoms with Gasteiger partial charge in [-0.2, -0.15) is 4.31 Å². The number of hydrogen-bond acceptors (Lipinski definition) is 6. The minimum atomic E-state index is -3.53. The number of anilines is 1. The molecule has 0 radical (unpaired) electrons. The summed E-state index contributed by atoms with van der Waals surface area (Å²) < 4.78 is 26.9. The monoisotopic (exact) mass is 488 g/mol. The number of para-hydroxylation sites is 1. The maximum atomic E-state index is 12.7. The minimum Gasteiger partial charge on any atom is -0.324 e. The molecule has 0 spiro atoms. The molecule has 0 unspecified atom stereocenters. The van der Waals surface area contributed by atoms with Gasteiger partial charge in [-0.3, -0.25) is 4.79 Å². The first-order valence-electron chi connectivity index (χ1n) is 9.29. The fourth-order valence-corrected chi connectivity index (χ4v) is 5.50. The number of aromatic nitrogens is 1. The number of sulfonamides is 1. The van der Waals surface area contributed by atoms with Gasteiger partial charge in [0.15, 0.2) is 0 Å². The van der Waals surface area contributed by atoms with Gasteiger partial charge in [0, 0.05) is 44.5 Å². The number of nitrogens with one attached hydrogen (secondary N) is 1. The van der Waals surface area contributed by atoms with Crippen molar-refractivity contribution in [1.82, 2.24) is 14.2 Å². The fourth-order valence-electron chi connectivity index (χ4n) is 2.85. The lowest BCUT2D eigenvalue weighted by Crippen LogP contribution is -2.47. The van der Waals surface area contributed by atoms with Gasteiger partial charge in [0.1, 0.15) is 4.90 Å². The van der Waals surface area contributed by atoms with E-state index in [1.807, 2.05) is 7.05 Å². The normalized spacial score (nSPS) is 15.8. The molecule has 1 amide bonds. The molecule has 162 valence electrons. The van der Waals surface area contributed by atoms with Crippen LogP contribution in [0.3, 0.4) is 0 Å². The van der Waals surface area contributed by atoms with Crippen molar-refractivity contribution in [3.05, 3.63) is 46.6 Å². The number of nitrogens with zero attached hydrogens (tertiary/aromatic N) is 3. The lowest BCUT2D eigenvalue weighted by atomic mass is 10.3. The third-order valence-corrected chi connectivity index (χ3v) is 8.07. The molecule has 30 heavy (non-hydrogen) atoms. The Morgan fingerprint density at radius 1 is 1.13 bits per heavy atom. The van der Waals surface area contributed by atoms with Gasteiger partial charge in [-0.25, -0.2) is 13.4 Å². The largest absolute Gasteiger partial charge is 0.324 e. The Morgan fingerprint density at radius 3 is 2.40 bits per heavy atom. The van der Waals surface area contributed by atoms with Crippen molar-refractivity contribution in [2.75, 3.05) is 44.3 Å². The number of amides is 1. The topological polar surface area (TPSA) is 82.6 Å². The molecular formula is C19H22Cl2N4O3S2. The van der Waals surface area contributed by atoms with Crippen LogP contribution in [0.5, 0.6) is 0 Å². The molecule has 1 aromatic heterocycles. The van der Waals surface area contributed by atoms with Crippen LogP contribution in [0.25, 0.3) is 0 Å². The summed E-state index contributed by atoms with van der Waals surface area (Å²) in [5.41, 5.74) is 0.396. The predicted octanol–water partition coefficient (Wildman–Crippen LogP) is 3.45. The van der Waals surface area contributed by atoms with E-state index >= 15 is 0 Å². The first-order valence-corrected chi connectivity index (χ1v) is 12.5. The Hall–Kier alpha value is -1.36. The molecule has 0 atom stereocenters. The third-order valence-electron chi connectivity index (χ3n) is 4.62. The summed E-state index contributed by atoms with van der Waals surface area (Å²) in [7, 11) is -1.56. The number of rotatable bonds is 7. The van der Waals surface area contributed by atoms with Crippen LogP contribution in [0.4, 0.5) is 5.69 Å². The van der Waals surface area contributed by atoms with Gasteiger partial charge in [0.05, 0.1) is 20.8 Å². The number of halogens is 2. The number of carbonyl (C=O) groups excluding carboxylic acids is 1. The molecule has 2 aromatic rings. The Labute approximate surface area is 190 Å². The lowest BCUT2D eigenvalue weighted by molar-refractivity contribution is -0.115. The molecule has 1 N–H and O–H groups in total. The number of hydrogen-bond donors (Lipinski definition) is 1. The SMILES string of the molecule is CN1CCN(S(=O)(=O)c2ccc(SCCC(=O)Nc3c(Cl)cccc3Cl)nc2)CC1. The second-order valence-electron chi connectivity index (χ2n) is 6.78. The number of pyridine rings is 1. The Morgan fingerprint density at radius 2 is 1.80 bits per heavy atom. The number of benzene rings is 1. The maximum Gasteiger partial charge on any atom is 0.244 e. The Kier molecular flexibility index (Phi) is 8.00. The van der Waals surface area contributed by atoms with Gasteiger partial charge < -0.3 is 10.2 Å². The molecule has 3 rings (SSSR count). The predicted molar refractivity (Wildman–Crippen MR) is 121 cm³/mol. The van der Waals surface area contributed by atoms with E-state index in [4.69, 9.17) is 23.2 Å². The van der Waals surface area contributed by atoms with Gasteiger partial charge >= 0.3 is 0 Å². The number of piperazine rings is 1. The van der Waals surface area contributed by atoms with Crippen LogP contribution in [0.15, 0.2) is 46.5 Å². The molecule has 11 heteroatoms. The Bertz CT molecular complexity index is 975. The minimum absolute atomic E-state index is 0.183. The van der Waals surface area contributed by atoms with Crippen molar-refractivity contribution in [3.8, 4) is 0 Å². The van der Waals surface area contributed by atoms with E-state index in [1.165, 1.54) is 22.3 Å². The highest BCUT2D eigenvalue weighted by Gasteiger charge is 2.27. The second-order valence-corrected chi connectivity index (χ2v) is 10.7. The summed E-state index contributed by atoms with van der Waals surface area (Å²) in [6.45, 7) is 2.36. The van der Waals surface area contributed by atoms with Crippen LogP contribution in [-0.2, 0) is 14.8 Å². The van der Waals surface area contributed by atoms with Crippen molar-refractivity contribution >= 4 is 56.6 Å². The summed E-state index contributed by atoms with van der Waals surface area (Å²) in [6, 6.07) is 8.23.